The summed E-state index contributed by atoms with van der Waals surface area (Å²) in [6, 6.07) is 3.89. The zero-order valence-electron chi connectivity index (χ0n) is 10.4. The normalized spacial score (nSPS) is 13.7. The van der Waals surface area contributed by atoms with E-state index in [0.29, 0.717) is 16.7 Å². The molecule has 3 rings (SSSR count). The second-order valence-electron chi connectivity index (χ2n) is 4.86. The van der Waals surface area contributed by atoms with Crippen LogP contribution in [0.4, 0.5) is 0 Å². The Morgan fingerprint density at radius 3 is 3.00 bits per heavy atom. The van der Waals surface area contributed by atoms with E-state index in [-0.39, 0.29) is 18.4 Å². The number of aromatic nitrogens is 2. The molecule has 1 aromatic carbocycles. The Hall–Kier alpha value is -2.17. The minimum Gasteiger partial charge on any atom is -0.481 e. The molecule has 1 aliphatic carbocycles. The second-order valence-corrected chi connectivity index (χ2v) is 4.86. The Morgan fingerprint density at radius 1 is 1.37 bits per heavy atom. The maximum atomic E-state index is 12.2. The highest BCUT2D eigenvalue weighted by Gasteiger charge is 2.17. The SMILES string of the molecule is O=C(O)CCc1nc2ccc3c(c2c(=O)[nH]1)CCC3. The number of fused-ring (bicyclic) bond motifs is 3. The molecular weight excluding hydrogens is 244 g/mol. The van der Waals surface area contributed by atoms with Gasteiger partial charge in [0.05, 0.1) is 17.3 Å². The van der Waals surface area contributed by atoms with Gasteiger partial charge in [0.1, 0.15) is 5.82 Å². The fourth-order valence-electron chi connectivity index (χ4n) is 2.71. The van der Waals surface area contributed by atoms with E-state index in [2.05, 4.69) is 9.97 Å². The van der Waals surface area contributed by atoms with Gasteiger partial charge in [-0.25, -0.2) is 4.98 Å². The van der Waals surface area contributed by atoms with Gasteiger partial charge in [-0.15, -0.1) is 0 Å². The predicted octanol–water partition coefficient (Wildman–Crippen LogP) is 1.43. The van der Waals surface area contributed by atoms with Gasteiger partial charge >= 0.3 is 5.97 Å². The molecule has 0 atom stereocenters. The van der Waals surface area contributed by atoms with Gasteiger partial charge in [-0.05, 0) is 36.5 Å². The van der Waals surface area contributed by atoms with E-state index in [4.69, 9.17) is 5.11 Å². The molecule has 5 nitrogen and oxygen atoms in total. The molecule has 0 amide bonds. The lowest BCUT2D eigenvalue weighted by Crippen LogP contribution is -2.14. The van der Waals surface area contributed by atoms with Crippen molar-refractivity contribution in [1.82, 2.24) is 9.97 Å². The largest absolute Gasteiger partial charge is 0.481 e. The van der Waals surface area contributed by atoms with Crippen LogP contribution in [-0.4, -0.2) is 21.0 Å². The number of nitrogens with zero attached hydrogens (tertiary/aromatic N) is 1. The molecule has 0 spiro atoms. The maximum Gasteiger partial charge on any atom is 0.303 e. The molecule has 2 aromatic rings. The van der Waals surface area contributed by atoms with Crippen LogP contribution in [0, 0.1) is 0 Å². The standard InChI is InChI=1S/C14H14N2O3/c17-12(18)7-6-11-15-10-5-4-8-2-1-3-9(8)13(10)14(19)16-11/h4-5H,1-3,6-7H2,(H,17,18)(H,15,16,19). The third-order valence-corrected chi connectivity index (χ3v) is 3.58. The highest BCUT2D eigenvalue weighted by atomic mass is 16.4. The van der Waals surface area contributed by atoms with Crippen LogP contribution < -0.4 is 5.56 Å². The Bertz CT molecular complexity index is 718. The first-order chi connectivity index (χ1) is 9.15. The number of H-pyrrole nitrogens is 1. The predicted molar refractivity (Wildman–Crippen MR) is 70.3 cm³/mol. The van der Waals surface area contributed by atoms with Gasteiger partial charge in [-0.3, -0.25) is 9.59 Å². The summed E-state index contributed by atoms with van der Waals surface area (Å²) in [5, 5.41) is 9.34. The van der Waals surface area contributed by atoms with Crippen molar-refractivity contribution in [2.75, 3.05) is 0 Å². The number of hydrogen-bond donors (Lipinski definition) is 2. The van der Waals surface area contributed by atoms with Crippen LogP contribution in [0.1, 0.15) is 29.8 Å². The lowest BCUT2D eigenvalue weighted by Gasteiger charge is -2.06. The van der Waals surface area contributed by atoms with Gasteiger partial charge in [-0.2, -0.15) is 0 Å². The molecule has 1 heterocycles. The number of hydrogen-bond acceptors (Lipinski definition) is 3. The zero-order valence-corrected chi connectivity index (χ0v) is 10.4. The number of aliphatic carboxylic acids is 1. The Kier molecular flexibility index (Phi) is 2.81. The second kappa shape index (κ2) is 4.50. The van der Waals surface area contributed by atoms with Gasteiger partial charge < -0.3 is 10.1 Å². The number of carboxylic acids is 1. The zero-order chi connectivity index (χ0) is 13.4. The summed E-state index contributed by atoms with van der Waals surface area (Å²) in [4.78, 5) is 29.8. The first-order valence-electron chi connectivity index (χ1n) is 6.40. The first-order valence-corrected chi connectivity index (χ1v) is 6.40. The third kappa shape index (κ3) is 2.12. The van der Waals surface area contributed by atoms with Crippen molar-refractivity contribution in [2.45, 2.75) is 32.1 Å². The number of carboxylic acid groups (broad SMARTS) is 1. The van der Waals surface area contributed by atoms with Crippen molar-refractivity contribution in [3.8, 4) is 0 Å². The molecule has 2 N–H and O–H groups in total. The molecule has 1 aliphatic rings. The fourth-order valence-corrected chi connectivity index (χ4v) is 2.71. The number of carbonyl (C=O) groups is 1. The summed E-state index contributed by atoms with van der Waals surface area (Å²) in [5.41, 5.74) is 2.86. The summed E-state index contributed by atoms with van der Waals surface area (Å²) in [6.07, 6.45) is 3.24. The molecule has 0 radical (unpaired) electrons. The molecule has 98 valence electrons. The molecule has 0 fully saturated rings. The Morgan fingerprint density at radius 2 is 2.21 bits per heavy atom. The van der Waals surface area contributed by atoms with E-state index in [9.17, 15) is 9.59 Å². The smallest absolute Gasteiger partial charge is 0.303 e. The summed E-state index contributed by atoms with van der Waals surface area (Å²) in [6.45, 7) is 0. The molecule has 19 heavy (non-hydrogen) atoms. The average Bonchev–Trinajstić information content (AvgIpc) is 2.84. The summed E-state index contributed by atoms with van der Waals surface area (Å²) < 4.78 is 0. The molecule has 1 aromatic heterocycles. The van der Waals surface area contributed by atoms with E-state index < -0.39 is 5.97 Å². The summed E-state index contributed by atoms with van der Waals surface area (Å²) in [5.74, 6) is -0.449. The van der Waals surface area contributed by atoms with Crippen LogP contribution in [-0.2, 0) is 24.1 Å². The Balaban J connectivity index is 2.10. The van der Waals surface area contributed by atoms with Crippen molar-refractivity contribution < 1.29 is 9.90 Å². The highest BCUT2D eigenvalue weighted by molar-refractivity contribution is 5.83. The molecule has 0 saturated carbocycles. The molecule has 0 unspecified atom stereocenters. The molecule has 0 saturated heterocycles. The lowest BCUT2D eigenvalue weighted by atomic mass is 10.1. The monoisotopic (exact) mass is 258 g/mol. The van der Waals surface area contributed by atoms with Crippen molar-refractivity contribution >= 4 is 16.9 Å². The minimum atomic E-state index is -0.892. The van der Waals surface area contributed by atoms with E-state index >= 15 is 0 Å². The van der Waals surface area contributed by atoms with Gasteiger partial charge in [0, 0.05) is 6.42 Å². The van der Waals surface area contributed by atoms with Crippen molar-refractivity contribution in [2.24, 2.45) is 0 Å². The van der Waals surface area contributed by atoms with Crippen molar-refractivity contribution in [3.63, 3.8) is 0 Å². The molecule has 5 heteroatoms. The summed E-state index contributed by atoms with van der Waals surface area (Å²) in [7, 11) is 0. The van der Waals surface area contributed by atoms with Crippen molar-refractivity contribution in [3.05, 3.63) is 39.4 Å². The van der Waals surface area contributed by atoms with Crippen LogP contribution in [0.3, 0.4) is 0 Å². The van der Waals surface area contributed by atoms with Gasteiger partial charge in [0.25, 0.3) is 5.56 Å². The average molecular weight is 258 g/mol. The third-order valence-electron chi connectivity index (χ3n) is 3.58. The number of aryl methyl sites for hydroxylation is 3. The Labute approximate surface area is 109 Å². The number of nitrogens with one attached hydrogen (secondary N) is 1. The number of aromatic amines is 1. The quantitative estimate of drug-likeness (QED) is 0.872. The minimum absolute atomic E-state index is 0.0284. The fraction of sp³-hybridized carbons (Fsp3) is 0.357. The van der Waals surface area contributed by atoms with E-state index in [1.807, 2.05) is 12.1 Å². The van der Waals surface area contributed by atoms with Crippen LogP contribution in [0.15, 0.2) is 16.9 Å². The van der Waals surface area contributed by atoms with E-state index in [1.165, 1.54) is 5.56 Å². The maximum absolute atomic E-state index is 12.2. The van der Waals surface area contributed by atoms with Crippen LogP contribution in [0.25, 0.3) is 10.9 Å². The first kappa shape index (κ1) is 11.9. The van der Waals surface area contributed by atoms with Gasteiger partial charge in [0.2, 0.25) is 0 Å². The van der Waals surface area contributed by atoms with Gasteiger partial charge in [0.15, 0.2) is 0 Å². The topological polar surface area (TPSA) is 83.0 Å². The van der Waals surface area contributed by atoms with Gasteiger partial charge in [-0.1, -0.05) is 6.07 Å². The number of benzene rings is 1. The molecular formula is C14H14N2O3. The van der Waals surface area contributed by atoms with E-state index in [0.717, 1.165) is 24.8 Å². The van der Waals surface area contributed by atoms with Crippen LogP contribution >= 0.6 is 0 Å². The van der Waals surface area contributed by atoms with Crippen LogP contribution in [0.2, 0.25) is 0 Å². The highest BCUT2D eigenvalue weighted by Crippen LogP contribution is 2.26. The van der Waals surface area contributed by atoms with Crippen LogP contribution in [0.5, 0.6) is 0 Å². The molecule has 0 aliphatic heterocycles. The molecule has 0 bridgehead atoms. The van der Waals surface area contributed by atoms with Crippen molar-refractivity contribution in [1.29, 1.82) is 0 Å². The summed E-state index contributed by atoms with van der Waals surface area (Å²) >= 11 is 0. The number of rotatable bonds is 3. The lowest BCUT2D eigenvalue weighted by molar-refractivity contribution is -0.137. The van der Waals surface area contributed by atoms with E-state index in [1.54, 1.807) is 0 Å².